The van der Waals surface area contributed by atoms with Crippen molar-refractivity contribution >= 4 is 27.5 Å². The molecule has 2 saturated heterocycles. The van der Waals surface area contributed by atoms with Gasteiger partial charge in [0, 0.05) is 24.2 Å². The van der Waals surface area contributed by atoms with Gasteiger partial charge in [-0.1, -0.05) is 11.6 Å². The van der Waals surface area contributed by atoms with Gasteiger partial charge < -0.3 is 10.2 Å². The molecule has 26 heavy (non-hydrogen) atoms. The van der Waals surface area contributed by atoms with E-state index in [0.717, 1.165) is 32.4 Å². The third-order valence-corrected chi connectivity index (χ3v) is 7.40. The number of nitrogens with zero attached hydrogens (tertiary/aromatic N) is 2. The molecule has 1 aromatic carbocycles. The summed E-state index contributed by atoms with van der Waals surface area (Å²) in [5, 5.41) is 3.62. The summed E-state index contributed by atoms with van der Waals surface area (Å²) in [6, 6.07) is 6.37. The number of rotatable bonds is 4. The van der Waals surface area contributed by atoms with Crippen LogP contribution in [0.1, 0.15) is 25.7 Å². The molecule has 1 N–H and O–H groups in total. The zero-order valence-electron chi connectivity index (χ0n) is 15.0. The minimum Gasteiger partial charge on any atom is -0.353 e. The summed E-state index contributed by atoms with van der Waals surface area (Å²) < 4.78 is 27.1. The quantitative estimate of drug-likeness (QED) is 0.840. The van der Waals surface area contributed by atoms with Gasteiger partial charge in [-0.2, -0.15) is 4.31 Å². The third kappa shape index (κ3) is 4.57. The van der Waals surface area contributed by atoms with Gasteiger partial charge >= 0.3 is 0 Å². The summed E-state index contributed by atoms with van der Waals surface area (Å²) in [7, 11) is -1.52. The largest absolute Gasteiger partial charge is 0.353 e. The van der Waals surface area contributed by atoms with Crippen molar-refractivity contribution in [3.8, 4) is 0 Å². The Morgan fingerprint density at radius 2 is 1.77 bits per heavy atom. The SMILES string of the molecule is CN1CCC(NC(=O)C2CCCN(S(=O)(=O)c3ccc(Cl)cc3)C2)CC1. The Balaban J connectivity index is 1.63. The van der Waals surface area contributed by atoms with Crippen LogP contribution in [0.15, 0.2) is 29.2 Å². The van der Waals surface area contributed by atoms with Crippen molar-refractivity contribution in [2.24, 2.45) is 5.92 Å². The van der Waals surface area contributed by atoms with Crippen LogP contribution in [0.3, 0.4) is 0 Å². The van der Waals surface area contributed by atoms with E-state index >= 15 is 0 Å². The van der Waals surface area contributed by atoms with E-state index in [0.29, 0.717) is 18.0 Å². The second kappa shape index (κ2) is 8.25. The molecule has 0 aromatic heterocycles. The second-order valence-corrected chi connectivity index (χ2v) is 9.62. The van der Waals surface area contributed by atoms with Gasteiger partial charge in [0.05, 0.1) is 10.8 Å². The van der Waals surface area contributed by atoms with Gasteiger partial charge in [0.25, 0.3) is 0 Å². The normalized spacial score (nSPS) is 23.7. The van der Waals surface area contributed by atoms with Crippen molar-refractivity contribution in [3.63, 3.8) is 0 Å². The molecular weight excluding hydrogens is 374 g/mol. The number of hydrogen-bond donors (Lipinski definition) is 1. The van der Waals surface area contributed by atoms with Crippen molar-refractivity contribution in [3.05, 3.63) is 29.3 Å². The lowest BCUT2D eigenvalue weighted by Crippen LogP contribution is -2.49. The first kappa shape index (κ1) is 19.6. The Labute approximate surface area is 160 Å². The monoisotopic (exact) mass is 399 g/mol. The van der Waals surface area contributed by atoms with Gasteiger partial charge in [-0.3, -0.25) is 4.79 Å². The van der Waals surface area contributed by atoms with Crippen LogP contribution in [0.5, 0.6) is 0 Å². The van der Waals surface area contributed by atoms with Crippen LogP contribution >= 0.6 is 11.6 Å². The first-order valence-electron chi connectivity index (χ1n) is 9.11. The Hall–Kier alpha value is -1.15. The van der Waals surface area contributed by atoms with E-state index in [9.17, 15) is 13.2 Å². The van der Waals surface area contributed by atoms with Gasteiger partial charge in [-0.15, -0.1) is 0 Å². The minimum atomic E-state index is -3.60. The molecule has 2 aliphatic heterocycles. The second-order valence-electron chi connectivity index (χ2n) is 7.24. The number of carbonyl (C=O) groups is 1. The van der Waals surface area contributed by atoms with Crippen LogP contribution in [-0.4, -0.2) is 62.8 Å². The fourth-order valence-corrected chi connectivity index (χ4v) is 5.25. The fourth-order valence-electron chi connectivity index (χ4n) is 3.60. The Bertz CT molecular complexity index is 731. The molecule has 0 spiro atoms. The van der Waals surface area contributed by atoms with E-state index < -0.39 is 10.0 Å². The Kier molecular flexibility index (Phi) is 6.22. The number of benzene rings is 1. The zero-order valence-corrected chi connectivity index (χ0v) is 16.6. The number of amides is 1. The molecule has 2 fully saturated rings. The highest BCUT2D eigenvalue weighted by Crippen LogP contribution is 2.25. The van der Waals surface area contributed by atoms with E-state index in [-0.39, 0.29) is 29.3 Å². The molecule has 2 heterocycles. The predicted molar refractivity (Wildman–Crippen MR) is 102 cm³/mol. The van der Waals surface area contributed by atoms with Crippen LogP contribution in [0, 0.1) is 5.92 Å². The molecule has 3 rings (SSSR count). The van der Waals surface area contributed by atoms with Crippen LogP contribution in [0.4, 0.5) is 0 Å². The highest BCUT2D eigenvalue weighted by Gasteiger charge is 2.34. The fraction of sp³-hybridized carbons (Fsp3) is 0.611. The summed E-state index contributed by atoms with van der Waals surface area (Å²) in [6.07, 6.45) is 3.31. The van der Waals surface area contributed by atoms with Gasteiger partial charge in [0.2, 0.25) is 15.9 Å². The van der Waals surface area contributed by atoms with Gasteiger partial charge in [0.15, 0.2) is 0 Å². The van der Waals surface area contributed by atoms with Crippen LogP contribution < -0.4 is 5.32 Å². The van der Waals surface area contributed by atoms with Crippen molar-refractivity contribution in [2.75, 3.05) is 33.2 Å². The molecule has 1 aromatic rings. The predicted octanol–water partition coefficient (Wildman–Crippen LogP) is 1.95. The first-order valence-corrected chi connectivity index (χ1v) is 10.9. The molecule has 144 valence electrons. The average molecular weight is 400 g/mol. The number of hydrogen-bond acceptors (Lipinski definition) is 4. The maximum Gasteiger partial charge on any atom is 0.243 e. The molecule has 0 radical (unpaired) electrons. The summed E-state index contributed by atoms with van der Waals surface area (Å²) in [6.45, 7) is 2.64. The number of nitrogens with one attached hydrogen (secondary N) is 1. The smallest absolute Gasteiger partial charge is 0.243 e. The van der Waals surface area contributed by atoms with Crippen molar-refractivity contribution in [2.45, 2.75) is 36.6 Å². The van der Waals surface area contributed by atoms with Gasteiger partial charge in [-0.05, 0) is 70.1 Å². The molecule has 0 bridgehead atoms. The molecule has 0 aliphatic carbocycles. The Morgan fingerprint density at radius 1 is 1.12 bits per heavy atom. The van der Waals surface area contributed by atoms with Crippen LogP contribution in [-0.2, 0) is 14.8 Å². The summed E-state index contributed by atoms with van der Waals surface area (Å²) in [5.74, 6) is -0.305. The lowest BCUT2D eigenvalue weighted by molar-refractivity contribution is -0.127. The molecular formula is C18H26ClN3O3S. The topological polar surface area (TPSA) is 69.7 Å². The standard InChI is InChI=1S/C18H26ClN3O3S/c1-21-11-8-16(9-12-21)20-18(23)14-3-2-10-22(13-14)26(24,25)17-6-4-15(19)5-7-17/h4-7,14,16H,2-3,8-13H2,1H3,(H,20,23). The highest BCUT2D eigenvalue weighted by molar-refractivity contribution is 7.89. The van der Waals surface area contributed by atoms with E-state index in [1.807, 2.05) is 0 Å². The number of sulfonamides is 1. The molecule has 1 atom stereocenters. The minimum absolute atomic E-state index is 0.0180. The van der Waals surface area contributed by atoms with Crippen LogP contribution in [0.2, 0.25) is 5.02 Å². The molecule has 8 heteroatoms. The number of piperidine rings is 2. The van der Waals surface area contributed by atoms with Crippen molar-refractivity contribution in [1.29, 1.82) is 0 Å². The lowest BCUT2D eigenvalue weighted by Gasteiger charge is -2.34. The van der Waals surface area contributed by atoms with E-state index in [1.54, 1.807) is 12.1 Å². The summed E-state index contributed by atoms with van der Waals surface area (Å²) >= 11 is 5.85. The van der Waals surface area contributed by atoms with Gasteiger partial charge in [0.1, 0.15) is 0 Å². The number of carbonyl (C=O) groups excluding carboxylic acids is 1. The van der Waals surface area contributed by atoms with E-state index in [1.165, 1.54) is 16.4 Å². The first-order chi connectivity index (χ1) is 12.4. The van der Waals surface area contributed by atoms with Crippen molar-refractivity contribution in [1.82, 2.24) is 14.5 Å². The maximum atomic E-state index is 12.8. The van der Waals surface area contributed by atoms with Gasteiger partial charge in [-0.25, -0.2) is 8.42 Å². The van der Waals surface area contributed by atoms with E-state index in [4.69, 9.17) is 11.6 Å². The molecule has 0 saturated carbocycles. The lowest BCUT2D eigenvalue weighted by atomic mass is 9.97. The van der Waals surface area contributed by atoms with E-state index in [2.05, 4.69) is 17.3 Å². The highest BCUT2D eigenvalue weighted by atomic mass is 35.5. The molecule has 2 aliphatic rings. The molecule has 1 unspecified atom stereocenters. The third-order valence-electron chi connectivity index (χ3n) is 5.27. The molecule has 6 nitrogen and oxygen atoms in total. The number of halogens is 1. The summed E-state index contributed by atoms with van der Waals surface area (Å²) in [5.41, 5.74) is 0. The zero-order chi connectivity index (χ0) is 18.7. The van der Waals surface area contributed by atoms with Crippen LogP contribution in [0.25, 0.3) is 0 Å². The maximum absolute atomic E-state index is 12.8. The molecule has 1 amide bonds. The number of likely N-dealkylation sites (tertiary alicyclic amines) is 1. The Morgan fingerprint density at radius 3 is 2.42 bits per heavy atom. The average Bonchev–Trinajstić information content (AvgIpc) is 2.64. The summed E-state index contributed by atoms with van der Waals surface area (Å²) in [4.78, 5) is 15.1. The van der Waals surface area contributed by atoms with Crippen molar-refractivity contribution < 1.29 is 13.2 Å².